The highest BCUT2D eigenvalue weighted by Gasteiger charge is 2.13. The van der Waals surface area contributed by atoms with Crippen molar-refractivity contribution in [1.82, 2.24) is 15.5 Å². The Balaban J connectivity index is 1.57. The van der Waals surface area contributed by atoms with E-state index in [-0.39, 0.29) is 0 Å². The summed E-state index contributed by atoms with van der Waals surface area (Å²) in [6, 6.07) is 9.85. The Kier molecular flexibility index (Phi) is 5.77. The van der Waals surface area contributed by atoms with E-state index in [1.807, 2.05) is 30.3 Å². The van der Waals surface area contributed by atoms with Crippen molar-refractivity contribution in [1.29, 1.82) is 0 Å². The van der Waals surface area contributed by atoms with E-state index in [0.717, 1.165) is 18.8 Å². The second-order valence-corrected chi connectivity index (χ2v) is 5.58. The number of thiocarbonyl (C=S) groups is 1. The quantitative estimate of drug-likeness (QED) is 0.373. The molecule has 1 heterocycles. The molecule has 1 aromatic carbocycles. The second-order valence-electron chi connectivity index (χ2n) is 3.69. The van der Waals surface area contributed by atoms with E-state index in [1.54, 1.807) is 0 Å². The van der Waals surface area contributed by atoms with Gasteiger partial charge in [0.25, 0.3) is 0 Å². The summed E-state index contributed by atoms with van der Waals surface area (Å²) >= 11 is 5.18. The van der Waals surface area contributed by atoms with Crippen LogP contribution in [0.5, 0.6) is 0 Å². The molecule has 1 fully saturated rings. The van der Waals surface area contributed by atoms with Crippen molar-refractivity contribution in [2.75, 3.05) is 31.6 Å². The zero-order valence-corrected chi connectivity index (χ0v) is 11.7. The van der Waals surface area contributed by atoms with Crippen LogP contribution in [-0.2, 0) is 4.52 Å². The molecule has 7 heteroatoms. The van der Waals surface area contributed by atoms with Gasteiger partial charge < -0.3 is 15.2 Å². The number of hydrogen-bond donors (Lipinski definition) is 4. The Morgan fingerprint density at radius 2 is 2.00 bits per heavy atom. The zero-order valence-electron chi connectivity index (χ0n) is 9.98. The fraction of sp³-hybridized carbons (Fsp3) is 0.364. The van der Waals surface area contributed by atoms with Gasteiger partial charge in [-0.2, -0.15) is 0 Å². The highest BCUT2D eigenvalue weighted by atomic mass is 32.1. The van der Waals surface area contributed by atoms with Crippen molar-refractivity contribution >= 4 is 31.5 Å². The maximum Gasteiger partial charge on any atom is 0.182 e. The van der Waals surface area contributed by atoms with Gasteiger partial charge >= 0.3 is 0 Å². The van der Waals surface area contributed by atoms with Crippen molar-refractivity contribution < 1.29 is 4.52 Å². The van der Waals surface area contributed by atoms with Crippen LogP contribution in [0.3, 0.4) is 0 Å². The SMILES string of the molecule is S=C(NCCOP1NCCN1)Nc1ccccc1. The average Bonchev–Trinajstić information content (AvgIpc) is 2.89. The predicted molar refractivity (Wildman–Crippen MR) is 79.5 cm³/mol. The molecule has 0 unspecified atom stereocenters. The lowest BCUT2D eigenvalue weighted by atomic mass is 10.3. The molecule has 0 atom stereocenters. The Labute approximate surface area is 114 Å². The van der Waals surface area contributed by atoms with Gasteiger partial charge in [-0.15, -0.1) is 0 Å². The third-order valence-corrected chi connectivity index (χ3v) is 3.98. The monoisotopic (exact) mass is 284 g/mol. The molecule has 0 aliphatic carbocycles. The molecule has 0 bridgehead atoms. The van der Waals surface area contributed by atoms with E-state index in [9.17, 15) is 0 Å². The molecule has 2 rings (SSSR count). The van der Waals surface area contributed by atoms with Crippen LogP contribution in [-0.4, -0.2) is 31.4 Å². The van der Waals surface area contributed by atoms with Gasteiger partial charge in [-0.05, 0) is 24.4 Å². The first kappa shape index (κ1) is 13.6. The maximum absolute atomic E-state index is 5.60. The molecule has 98 valence electrons. The Morgan fingerprint density at radius 1 is 1.28 bits per heavy atom. The average molecular weight is 284 g/mol. The van der Waals surface area contributed by atoms with Gasteiger partial charge in [-0.3, -0.25) is 10.2 Å². The lowest BCUT2D eigenvalue weighted by Gasteiger charge is -2.13. The third kappa shape index (κ3) is 4.84. The Morgan fingerprint density at radius 3 is 2.72 bits per heavy atom. The fourth-order valence-electron chi connectivity index (χ4n) is 1.46. The number of hydrogen-bond acceptors (Lipinski definition) is 4. The van der Waals surface area contributed by atoms with E-state index in [2.05, 4.69) is 20.8 Å². The standard InChI is InChI=1S/C11H17N4OPS/c18-11(15-10-4-2-1-3-5-10)12-8-9-16-17-13-6-7-14-17/h1-5,13-14H,6-9H2,(H2,12,15,18). The summed E-state index contributed by atoms with van der Waals surface area (Å²) in [4.78, 5) is 0. The van der Waals surface area contributed by atoms with Gasteiger partial charge in [0.05, 0.1) is 6.61 Å². The van der Waals surface area contributed by atoms with Crippen LogP contribution >= 0.6 is 20.7 Å². The summed E-state index contributed by atoms with van der Waals surface area (Å²) in [5.74, 6) is 0. The molecular formula is C11H17N4OPS. The molecule has 1 aliphatic heterocycles. The zero-order chi connectivity index (χ0) is 12.6. The van der Waals surface area contributed by atoms with E-state index in [4.69, 9.17) is 16.7 Å². The normalized spacial score (nSPS) is 15.6. The Hall–Kier alpha value is -0.780. The van der Waals surface area contributed by atoms with Crippen molar-refractivity contribution in [3.05, 3.63) is 30.3 Å². The molecular weight excluding hydrogens is 267 g/mol. The highest BCUT2D eigenvalue weighted by molar-refractivity contribution is 7.80. The summed E-state index contributed by atoms with van der Waals surface area (Å²) in [5.41, 5.74) is 0.986. The van der Waals surface area contributed by atoms with Crippen molar-refractivity contribution in [3.8, 4) is 0 Å². The molecule has 1 aromatic rings. The van der Waals surface area contributed by atoms with Crippen LogP contribution in [0.25, 0.3) is 0 Å². The van der Waals surface area contributed by atoms with Crippen molar-refractivity contribution in [2.24, 2.45) is 0 Å². The number of anilines is 1. The lowest BCUT2D eigenvalue weighted by molar-refractivity contribution is 0.351. The minimum Gasteiger partial charge on any atom is -0.360 e. The first-order valence-corrected chi connectivity index (χ1v) is 7.51. The molecule has 0 saturated carbocycles. The summed E-state index contributed by atoms with van der Waals surface area (Å²) in [5, 5.41) is 13.3. The molecule has 0 radical (unpaired) electrons. The molecule has 0 amide bonds. The number of nitrogens with one attached hydrogen (secondary N) is 4. The molecule has 0 spiro atoms. The van der Waals surface area contributed by atoms with Gasteiger partial charge in [-0.1, -0.05) is 18.2 Å². The Bertz CT molecular complexity index is 373. The molecule has 4 N–H and O–H groups in total. The first-order chi connectivity index (χ1) is 8.84. The van der Waals surface area contributed by atoms with Crippen LogP contribution in [0.2, 0.25) is 0 Å². The first-order valence-electron chi connectivity index (χ1n) is 5.84. The molecule has 1 saturated heterocycles. The number of rotatable bonds is 5. The van der Waals surface area contributed by atoms with Crippen LogP contribution in [0, 0.1) is 0 Å². The van der Waals surface area contributed by atoms with E-state index >= 15 is 0 Å². The third-order valence-electron chi connectivity index (χ3n) is 2.28. The van der Waals surface area contributed by atoms with E-state index in [0.29, 0.717) is 18.3 Å². The minimum atomic E-state index is -0.628. The maximum atomic E-state index is 5.60. The van der Waals surface area contributed by atoms with Gasteiger partial charge in [0.15, 0.2) is 13.6 Å². The fourth-order valence-corrected chi connectivity index (χ4v) is 2.88. The van der Waals surface area contributed by atoms with E-state index < -0.39 is 8.45 Å². The second kappa shape index (κ2) is 7.61. The number of para-hydroxylation sites is 1. The molecule has 18 heavy (non-hydrogen) atoms. The van der Waals surface area contributed by atoms with Crippen LogP contribution in [0.1, 0.15) is 0 Å². The smallest absolute Gasteiger partial charge is 0.182 e. The largest absolute Gasteiger partial charge is 0.360 e. The summed E-state index contributed by atoms with van der Waals surface area (Å²) in [6.45, 7) is 3.28. The van der Waals surface area contributed by atoms with Crippen LogP contribution < -0.4 is 20.8 Å². The summed E-state index contributed by atoms with van der Waals surface area (Å²) in [6.07, 6.45) is 0. The number of benzene rings is 1. The van der Waals surface area contributed by atoms with Crippen LogP contribution in [0.4, 0.5) is 5.69 Å². The highest BCUT2D eigenvalue weighted by Crippen LogP contribution is 2.28. The van der Waals surface area contributed by atoms with Crippen molar-refractivity contribution in [3.63, 3.8) is 0 Å². The van der Waals surface area contributed by atoms with Gasteiger partial charge in [0.2, 0.25) is 0 Å². The van der Waals surface area contributed by atoms with Gasteiger partial charge in [0.1, 0.15) is 0 Å². The summed E-state index contributed by atoms with van der Waals surface area (Å²) in [7, 11) is -0.628. The molecule has 1 aliphatic rings. The predicted octanol–water partition coefficient (Wildman–Crippen LogP) is 1.41. The topological polar surface area (TPSA) is 57.4 Å². The van der Waals surface area contributed by atoms with Gasteiger partial charge in [-0.25, -0.2) is 0 Å². The minimum absolute atomic E-state index is 0.616. The summed E-state index contributed by atoms with van der Waals surface area (Å²) < 4.78 is 5.60. The molecule has 0 aromatic heterocycles. The lowest BCUT2D eigenvalue weighted by Crippen LogP contribution is -2.31. The van der Waals surface area contributed by atoms with E-state index in [1.165, 1.54) is 0 Å². The van der Waals surface area contributed by atoms with Crippen LogP contribution in [0.15, 0.2) is 30.3 Å². The molecule has 5 nitrogen and oxygen atoms in total. The van der Waals surface area contributed by atoms with Crippen molar-refractivity contribution in [2.45, 2.75) is 0 Å². The van der Waals surface area contributed by atoms with Gasteiger partial charge in [0, 0.05) is 25.3 Å².